The first-order valence-corrected chi connectivity index (χ1v) is 14.6. The summed E-state index contributed by atoms with van der Waals surface area (Å²) < 4.78 is 57.4. The summed E-state index contributed by atoms with van der Waals surface area (Å²) in [6, 6.07) is 0. The lowest BCUT2D eigenvalue weighted by atomic mass is 9.94. The molecule has 204 valence electrons. The maximum atomic E-state index is 11.9. The number of methoxy groups -OCH3 is 2. The van der Waals surface area contributed by atoms with Gasteiger partial charge >= 0.3 is 11.4 Å². The van der Waals surface area contributed by atoms with Crippen LogP contribution in [0.1, 0.15) is 48.0 Å². The van der Waals surface area contributed by atoms with E-state index in [1.165, 1.54) is 24.8 Å². The minimum absolute atomic E-state index is 0. The SMILES string of the molecule is C.CC1CC(C)CN(S(C)(=O)=O)C1.COC(=O)CS(=O)(=O)N1CC(C)CC(C)C1.COC(=O)Cl. The van der Waals surface area contributed by atoms with E-state index in [-0.39, 0.29) is 7.43 Å². The van der Waals surface area contributed by atoms with Crippen LogP contribution in [0.4, 0.5) is 4.79 Å². The van der Waals surface area contributed by atoms with Crippen molar-refractivity contribution in [1.82, 2.24) is 8.61 Å². The zero-order valence-electron chi connectivity index (χ0n) is 20.6. The summed E-state index contributed by atoms with van der Waals surface area (Å²) in [5.74, 6) is 0.438. The molecule has 0 bridgehead atoms. The van der Waals surface area contributed by atoms with Crippen LogP contribution in [0.3, 0.4) is 0 Å². The molecule has 0 spiro atoms. The first-order chi connectivity index (χ1) is 15.0. The first kappa shape index (κ1) is 35.2. The molecular weight excluding hydrogens is 508 g/mol. The van der Waals surface area contributed by atoms with E-state index < -0.39 is 37.2 Å². The van der Waals surface area contributed by atoms with Crippen molar-refractivity contribution in [1.29, 1.82) is 0 Å². The number of piperidine rings is 2. The lowest BCUT2D eigenvalue weighted by Gasteiger charge is -2.33. The molecular formula is C21H43ClN2O8S2. The number of ether oxygens (including phenoxy) is 2. The Morgan fingerprint density at radius 2 is 1.12 bits per heavy atom. The summed E-state index contributed by atoms with van der Waals surface area (Å²) in [6.45, 7) is 10.7. The number of rotatable bonds is 4. The lowest BCUT2D eigenvalue weighted by Crippen LogP contribution is -2.44. The topological polar surface area (TPSA) is 127 Å². The van der Waals surface area contributed by atoms with Crippen LogP contribution in [0.5, 0.6) is 0 Å². The number of halogens is 1. The van der Waals surface area contributed by atoms with E-state index in [0.717, 1.165) is 12.8 Å². The third kappa shape index (κ3) is 14.4. The molecule has 10 nitrogen and oxygen atoms in total. The number of hydrogen-bond donors (Lipinski definition) is 0. The Hall–Kier alpha value is -0.950. The molecule has 2 fully saturated rings. The molecule has 2 rings (SSSR count). The largest absolute Gasteiger partial charge is 0.468 e. The van der Waals surface area contributed by atoms with Crippen molar-refractivity contribution < 1.29 is 35.9 Å². The maximum absolute atomic E-state index is 11.9. The van der Waals surface area contributed by atoms with Gasteiger partial charge in [-0.15, -0.1) is 0 Å². The van der Waals surface area contributed by atoms with Crippen LogP contribution in [0.2, 0.25) is 0 Å². The van der Waals surface area contributed by atoms with E-state index in [1.807, 2.05) is 13.8 Å². The van der Waals surface area contributed by atoms with Gasteiger partial charge in [0.1, 0.15) is 0 Å². The monoisotopic (exact) mass is 550 g/mol. The second-order valence-corrected chi connectivity index (χ2v) is 13.3. The molecule has 0 saturated carbocycles. The van der Waals surface area contributed by atoms with Gasteiger partial charge < -0.3 is 9.47 Å². The Morgan fingerprint density at radius 3 is 1.38 bits per heavy atom. The number of carbonyl (C=O) groups excluding carboxylic acids is 2. The molecule has 0 aliphatic carbocycles. The fourth-order valence-corrected chi connectivity index (χ4v) is 6.62. The Balaban J connectivity index is 0. The highest BCUT2D eigenvalue weighted by Crippen LogP contribution is 2.23. The zero-order chi connectivity index (χ0) is 26.0. The third-order valence-corrected chi connectivity index (χ3v) is 8.30. The van der Waals surface area contributed by atoms with Crippen molar-refractivity contribution in [2.45, 2.75) is 48.0 Å². The molecule has 2 saturated heterocycles. The van der Waals surface area contributed by atoms with Crippen molar-refractivity contribution in [2.24, 2.45) is 23.7 Å². The van der Waals surface area contributed by atoms with Gasteiger partial charge in [0.25, 0.3) is 0 Å². The molecule has 0 amide bonds. The van der Waals surface area contributed by atoms with E-state index in [2.05, 4.69) is 34.9 Å². The quantitative estimate of drug-likeness (QED) is 0.386. The maximum Gasteiger partial charge on any atom is 0.403 e. The van der Waals surface area contributed by atoms with Crippen LogP contribution >= 0.6 is 11.6 Å². The molecule has 4 unspecified atom stereocenters. The van der Waals surface area contributed by atoms with Crippen LogP contribution in [0.25, 0.3) is 0 Å². The van der Waals surface area contributed by atoms with Crippen LogP contribution in [-0.2, 0) is 34.3 Å². The number of sulfonamides is 2. The van der Waals surface area contributed by atoms with E-state index in [1.54, 1.807) is 4.31 Å². The van der Waals surface area contributed by atoms with Crippen molar-refractivity contribution in [3.8, 4) is 0 Å². The minimum atomic E-state index is -3.50. The molecule has 34 heavy (non-hydrogen) atoms. The predicted octanol–water partition coefficient (Wildman–Crippen LogP) is 3.02. The zero-order valence-corrected chi connectivity index (χ0v) is 23.0. The Kier molecular flexibility index (Phi) is 16.5. The molecule has 2 aliphatic heterocycles. The lowest BCUT2D eigenvalue weighted by molar-refractivity contribution is -0.137. The second kappa shape index (κ2) is 15.9. The van der Waals surface area contributed by atoms with E-state index in [4.69, 9.17) is 0 Å². The summed E-state index contributed by atoms with van der Waals surface area (Å²) in [7, 11) is -4.05. The highest BCUT2D eigenvalue weighted by atomic mass is 35.5. The number of esters is 1. The van der Waals surface area contributed by atoms with Crippen LogP contribution in [0, 0.1) is 23.7 Å². The fourth-order valence-electron chi connectivity index (χ4n) is 4.01. The fraction of sp³-hybridized carbons (Fsp3) is 0.905. The molecule has 2 heterocycles. The second-order valence-electron chi connectivity index (χ2n) is 9.06. The standard InChI is InChI=1S/C10H19NO4S.C8H17NO2S.C2H3ClO2.CH4/c1-8-4-9(2)6-11(5-8)16(13,14)7-10(12)15-3;1-7-4-8(2)6-9(5-7)12(3,10)11;1-5-2(3)4;/h8-9H,4-7H2,1-3H3;7-8H,4-6H2,1-3H3;1H3;1H4. The smallest absolute Gasteiger partial charge is 0.403 e. The Labute approximate surface area is 211 Å². The van der Waals surface area contributed by atoms with Gasteiger partial charge in [0.2, 0.25) is 20.0 Å². The van der Waals surface area contributed by atoms with E-state index >= 15 is 0 Å². The van der Waals surface area contributed by atoms with Crippen LogP contribution in [-0.4, -0.2) is 89.3 Å². The summed E-state index contributed by atoms with van der Waals surface area (Å²) in [4.78, 5) is 20.4. The van der Waals surface area contributed by atoms with E-state index in [9.17, 15) is 26.4 Å². The Bertz CT molecular complexity index is 816. The van der Waals surface area contributed by atoms with Crippen molar-refractivity contribution in [3.05, 3.63) is 0 Å². The molecule has 4 atom stereocenters. The molecule has 2 aliphatic rings. The average molecular weight is 551 g/mol. The average Bonchev–Trinajstić information content (AvgIpc) is 2.66. The van der Waals surface area contributed by atoms with Gasteiger partial charge in [0.15, 0.2) is 5.75 Å². The van der Waals surface area contributed by atoms with Crippen LogP contribution < -0.4 is 0 Å². The van der Waals surface area contributed by atoms with Gasteiger partial charge in [-0.2, -0.15) is 0 Å². The summed E-state index contributed by atoms with van der Waals surface area (Å²) in [5, 5.41) is 0. The van der Waals surface area contributed by atoms with Crippen LogP contribution in [0.15, 0.2) is 0 Å². The summed E-state index contributed by atoms with van der Waals surface area (Å²) in [6.07, 6.45) is 3.47. The Morgan fingerprint density at radius 1 is 0.794 bits per heavy atom. The van der Waals surface area contributed by atoms with Gasteiger partial charge in [-0.1, -0.05) is 35.1 Å². The molecule has 13 heteroatoms. The minimum Gasteiger partial charge on any atom is -0.468 e. The molecule has 0 aromatic carbocycles. The van der Waals surface area contributed by atoms with Gasteiger partial charge in [-0.05, 0) is 36.5 Å². The molecule has 0 aromatic heterocycles. The summed E-state index contributed by atoms with van der Waals surface area (Å²) in [5.41, 5.74) is -0.773. The molecule has 0 N–H and O–H groups in total. The number of hydrogen-bond acceptors (Lipinski definition) is 8. The highest BCUT2D eigenvalue weighted by Gasteiger charge is 2.32. The number of nitrogens with zero attached hydrogens (tertiary/aromatic N) is 2. The van der Waals surface area contributed by atoms with Gasteiger partial charge in [0, 0.05) is 37.8 Å². The normalized spacial score (nSPS) is 25.9. The molecule has 0 radical (unpaired) electrons. The first-order valence-electron chi connectivity index (χ1n) is 10.7. The van der Waals surface area contributed by atoms with Gasteiger partial charge in [-0.25, -0.2) is 30.2 Å². The van der Waals surface area contributed by atoms with E-state index in [0.29, 0.717) is 49.9 Å². The van der Waals surface area contributed by atoms with Crippen molar-refractivity contribution in [2.75, 3.05) is 52.4 Å². The van der Waals surface area contributed by atoms with Gasteiger partial charge in [0.05, 0.1) is 20.5 Å². The van der Waals surface area contributed by atoms with Gasteiger partial charge in [-0.3, -0.25) is 4.79 Å². The predicted molar refractivity (Wildman–Crippen MR) is 135 cm³/mol. The summed E-state index contributed by atoms with van der Waals surface area (Å²) >= 11 is 4.60. The number of carbonyl (C=O) groups is 2. The third-order valence-electron chi connectivity index (χ3n) is 5.22. The highest BCUT2D eigenvalue weighted by molar-refractivity contribution is 7.89. The van der Waals surface area contributed by atoms with Crippen molar-refractivity contribution >= 4 is 43.0 Å². The van der Waals surface area contributed by atoms with Crippen molar-refractivity contribution in [3.63, 3.8) is 0 Å². The molecule has 0 aromatic rings.